The molecule has 0 saturated carbocycles. The molecule has 65 valence electrons. The monoisotopic (exact) mass is 156 g/mol. The first-order valence-electron chi connectivity index (χ1n) is 4.47. The van der Waals surface area contributed by atoms with E-state index in [1.54, 1.807) is 0 Å². The van der Waals surface area contributed by atoms with E-state index < -0.39 is 0 Å². The summed E-state index contributed by atoms with van der Waals surface area (Å²) in [6.45, 7) is 9.24. The van der Waals surface area contributed by atoms with Gasteiger partial charge in [-0.2, -0.15) is 0 Å². The summed E-state index contributed by atoms with van der Waals surface area (Å²) < 4.78 is 0. The second kappa shape index (κ2) is 4.07. The van der Waals surface area contributed by atoms with Gasteiger partial charge in [-0.25, -0.2) is 0 Å². The van der Waals surface area contributed by atoms with Crippen LogP contribution >= 0.6 is 0 Å². The van der Waals surface area contributed by atoms with Gasteiger partial charge in [0.15, 0.2) is 0 Å². The molecule has 1 fully saturated rings. The first-order chi connectivity index (χ1) is 5.24. The number of aliphatic hydroxyl groups excluding tert-OH is 1. The van der Waals surface area contributed by atoms with Crippen LogP contribution in [0.25, 0.3) is 0 Å². The Morgan fingerprint density at radius 2 is 2.09 bits per heavy atom. The molecule has 1 aliphatic heterocycles. The molecule has 0 amide bonds. The largest absolute Gasteiger partial charge is 0.393 e. The Morgan fingerprint density at radius 1 is 1.55 bits per heavy atom. The smallest absolute Gasteiger partial charge is 0.0570 e. The minimum atomic E-state index is -0.353. The van der Waals surface area contributed by atoms with Crippen molar-refractivity contribution in [2.45, 2.75) is 25.9 Å². The molecule has 0 aromatic rings. The van der Waals surface area contributed by atoms with Crippen molar-refractivity contribution in [3.05, 3.63) is 6.92 Å². The van der Waals surface area contributed by atoms with Gasteiger partial charge in [-0.05, 0) is 45.3 Å². The number of hydrogen-bond donors (Lipinski definition) is 1. The lowest BCUT2D eigenvalue weighted by atomic mass is 9.92. The van der Waals surface area contributed by atoms with Crippen LogP contribution in [0.5, 0.6) is 0 Å². The maximum Gasteiger partial charge on any atom is 0.0570 e. The zero-order valence-electron chi connectivity index (χ0n) is 7.29. The van der Waals surface area contributed by atoms with Crippen molar-refractivity contribution in [1.29, 1.82) is 0 Å². The van der Waals surface area contributed by atoms with Crippen molar-refractivity contribution in [3.8, 4) is 0 Å². The van der Waals surface area contributed by atoms with E-state index in [-0.39, 0.29) is 6.10 Å². The van der Waals surface area contributed by atoms with Crippen molar-refractivity contribution in [1.82, 2.24) is 4.90 Å². The van der Waals surface area contributed by atoms with E-state index in [1.807, 2.05) is 0 Å². The molecule has 1 radical (unpaired) electrons. The highest BCUT2D eigenvalue weighted by atomic mass is 16.3. The Balaban J connectivity index is 2.24. The Bertz CT molecular complexity index is 106. The van der Waals surface area contributed by atoms with Crippen LogP contribution in [0.1, 0.15) is 19.8 Å². The summed E-state index contributed by atoms with van der Waals surface area (Å²) >= 11 is 0. The Labute approximate surface area is 69.2 Å². The highest BCUT2D eigenvalue weighted by Crippen LogP contribution is 2.19. The van der Waals surface area contributed by atoms with Crippen LogP contribution in [0.15, 0.2) is 0 Å². The van der Waals surface area contributed by atoms with E-state index in [2.05, 4.69) is 18.7 Å². The topological polar surface area (TPSA) is 23.5 Å². The second-order valence-electron chi connectivity index (χ2n) is 3.34. The van der Waals surface area contributed by atoms with Crippen LogP contribution in [-0.2, 0) is 0 Å². The van der Waals surface area contributed by atoms with E-state index in [4.69, 9.17) is 0 Å². The molecule has 1 atom stereocenters. The molecule has 0 bridgehead atoms. The van der Waals surface area contributed by atoms with Crippen LogP contribution in [0.3, 0.4) is 0 Å². The predicted molar refractivity (Wildman–Crippen MR) is 46.2 cm³/mol. The molecule has 0 aliphatic carbocycles. The van der Waals surface area contributed by atoms with Gasteiger partial charge < -0.3 is 10.0 Å². The zero-order valence-corrected chi connectivity index (χ0v) is 7.29. The van der Waals surface area contributed by atoms with Gasteiger partial charge in [0.1, 0.15) is 0 Å². The average molecular weight is 156 g/mol. The molecular formula is C9H18NO. The molecule has 1 heterocycles. The summed E-state index contributed by atoms with van der Waals surface area (Å²) in [7, 11) is 0. The summed E-state index contributed by atoms with van der Waals surface area (Å²) in [5.41, 5.74) is 0. The number of likely N-dealkylation sites (tertiary alicyclic amines) is 1. The normalized spacial score (nSPS) is 25.4. The number of piperidine rings is 1. The third kappa shape index (κ3) is 2.46. The fourth-order valence-corrected chi connectivity index (χ4v) is 1.65. The number of nitrogens with zero attached hydrogens (tertiary/aromatic N) is 1. The van der Waals surface area contributed by atoms with Gasteiger partial charge >= 0.3 is 0 Å². The lowest BCUT2D eigenvalue weighted by Gasteiger charge is -2.32. The molecule has 1 saturated heterocycles. The Kier molecular flexibility index (Phi) is 3.34. The third-order valence-electron chi connectivity index (χ3n) is 2.62. The summed E-state index contributed by atoms with van der Waals surface area (Å²) in [6, 6.07) is 0. The molecule has 0 aromatic heterocycles. The van der Waals surface area contributed by atoms with Crippen molar-refractivity contribution in [2.24, 2.45) is 5.92 Å². The maximum absolute atomic E-state index is 9.21. The van der Waals surface area contributed by atoms with Crippen LogP contribution < -0.4 is 0 Å². The van der Waals surface area contributed by atoms with E-state index in [0.717, 1.165) is 32.5 Å². The molecule has 1 rings (SSSR count). The average Bonchev–Trinajstić information content (AvgIpc) is 2.05. The maximum atomic E-state index is 9.21. The van der Waals surface area contributed by atoms with Gasteiger partial charge in [0.05, 0.1) is 6.10 Å². The quantitative estimate of drug-likeness (QED) is 0.642. The standard InChI is InChI=1S/C9H18NO/c1-3-10-6-4-9(5-7-10)8(2)11/h8-9,11H,2-7H2,1H3. The van der Waals surface area contributed by atoms with E-state index >= 15 is 0 Å². The van der Waals surface area contributed by atoms with Crippen LogP contribution in [0.2, 0.25) is 0 Å². The first kappa shape index (κ1) is 9.01. The highest BCUT2D eigenvalue weighted by Gasteiger charge is 2.21. The lowest BCUT2D eigenvalue weighted by molar-refractivity contribution is 0.0900. The Hall–Kier alpha value is -0.0800. The van der Waals surface area contributed by atoms with Gasteiger partial charge in [-0.1, -0.05) is 6.92 Å². The van der Waals surface area contributed by atoms with E-state index in [0.29, 0.717) is 5.92 Å². The third-order valence-corrected chi connectivity index (χ3v) is 2.62. The molecule has 0 spiro atoms. The Morgan fingerprint density at radius 3 is 2.45 bits per heavy atom. The SMILES string of the molecule is [CH2]C(O)C1CCN(CC)CC1. The summed E-state index contributed by atoms with van der Waals surface area (Å²) in [6.07, 6.45) is 1.87. The summed E-state index contributed by atoms with van der Waals surface area (Å²) in [5, 5.41) is 9.21. The van der Waals surface area contributed by atoms with Crippen LogP contribution in [0.4, 0.5) is 0 Å². The van der Waals surface area contributed by atoms with Gasteiger partial charge in [0.25, 0.3) is 0 Å². The van der Waals surface area contributed by atoms with Crippen molar-refractivity contribution in [3.63, 3.8) is 0 Å². The van der Waals surface area contributed by atoms with Gasteiger partial charge in [0.2, 0.25) is 0 Å². The molecular weight excluding hydrogens is 138 g/mol. The van der Waals surface area contributed by atoms with Crippen molar-refractivity contribution < 1.29 is 5.11 Å². The molecule has 2 heteroatoms. The molecule has 0 aromatic carbocycles. The molecule has 1 unspecified atom stereocenters. The molecule has 1 aliphatic rings. The van der Waals surface area contributed by atoms with Crippen molar-refractivity contribution >= 4 is 0 Å². The van der Waals surface area contributed by atoms with Crippen LogP contribution in [-0.4, -0.2) is 35.7 Å². The number of hydrogen-bond acceptors (Lipinski definition) is 2. The molecule has 2 nitrogen and oxygen atoms in total. The second-order valence-corrected chi connectivity index (χ2v) is 3.34. The minimum Gasteiger partial charge on any atom is -0.393 e. The fraction of sp³-hybridized carbons (Fsp3) is 0.889. The van der Waals surface area contributed by atoms with Crippen LogP contribution in [0, 0.1) is 12.8 Å². The van der Waals surface area contributed by atoms with E-state index in [1.165, 1.54) is 0 Å². The number of rotatable bonds is 2. The summed E-state index contributed by atoms with van der Waals surface area (Å²) in [5.74, 6) is 0.442. The minimum absolute atomic E-state index is 0.353. The van der Waals surface area contributed by atoms with Gasteiger partial charge in [-0.3, -0.25) is 0 Å². The number of aliphatic hydroxyl groups is 1. The summed E-state index contributed by atoms with van der Waals surface area (Å²) in [4.78, 5) is 2.42. The predicted octanol–water partition coefficient (Wildman–Crippen LogP) is 0.913. The zero-order chi connectivity index (χ0) is 8.27. The first-order valence-corrected chi connectivity index (χ1v) is 4.47. The highest BCUT2D eigenvalue weighted by molar-refractivity contribution is 4.77. The van der Waals surface area contributed by atoms with Crippen molar-refractivity contribution in [2.75, 3.05) is 19.6 Å². The lowest BCUT2D eigenvalue weighted by Crippen LogP contribution is -2.36. The molecule has 11 heavy (non-hydrogen) atoms. The van der Waals surface area contributed by atoms with E-state index in [9.17, 15) is 5.11 Å². The molecule has 1 N–H and O–H groups in total. The fourth-order valence-electron chi connectivity index (χ4n) is 1.65. The van der Waals surface area contributed by atoms with Gasteiger partial charge in [0, 0.05) is 0 Å². The van der Waals surface area contributed by atoms with Gasteiger partial charge in [-0.15, -0.1) is 0 Å².